The average molecular weight is 733 g/mol. The van der Waals surface area contributed by atoms with Crippen LogP contribution in [0.3, 0.4) is 0 Å². The Morgan fingerprint density at radius 3 is 1.59 bits per heavy atom. The number of carbonyl (C=O) groups excluding carboxylic acids is 3. The number of ether oxygens (including phenoxy) is 2. The van der Waals surface area contributed by atoms with Gasteiger partial charge in [0, 0.05) is 33.4 Å². The first-order chi connectivity index (χ1) is 24.7. The fourth-order valence-corrected chi connectivity index (χ4v) is 6.57. The van der Waals surface area contributed by atoms with E-state index in [2.05, 4.69) is 5.32 Å². The molecule has 0 unspecified atom stereocenters. The molecule has 266 valence electrons. The number of anilines is 2. The van der Waals surface area contributed by atoms with E-state index in [1.165, 1.54) is 21.9 Å². The Kier molecular flexibility index (Phi) is 11.5. The molecule has 0 radical (unpaired) electrons. The fourth-order valence-electron chi connectivity index (χ4n) is 5.75. The minimum atomic E-state index is -0.526. The van der Waals surface area contributed by atoms with E-state index in [4.69, 9.17) is 15.2 Å². The minimum Gasteiger partial charge on any atom is -0.443 e. The predicted octanol–water partition coefficient (Wildman–Crippen LogP) is 7.56. The van der Waals surface area contributed by atoms with Gasteiger partial charge in [-0.25, -0.2) is 18.4 Å². The molecule has 3 fully saturated rings. The number of hydrogen-bond acceptors (Lipinski definition) is 8. The van der Waals surface area contributed by atoms with E-state index in [1.807, 2.05) is 61.0 Å². The van der Waals surface area contributed by atoms with Gasteiger partial charge in [-0.05, 0) is 97.1 Å². The Hall–Kier alpha value is -4.59. The zero-order valence-corrected chi connectivity index (χ0v) is 29.8. The zero-order chi connectivity index (χ0) is 36.1. The number of halogens is 2. The molecule has 9 nitrogen and oxygen atoms in total. The maximum Gasteiger partial charge on any atom is 0.414 e. The molecule has 2 aliphatic heterocycles. The average Bonchev–Trinajstić information content (AvgIpc) is 3.84. The smallest absolute Gasteiger partial charge is 0.414 e. The summed E-state index contributed by atoms with van der Waals surface area (Å²) in [5, 5.41) is 2.81. The molecule has 3 N–H and O–H groups in total. The SMILES string of the molecule is CSc1ccc(-c2ccc(N3C[C@H](CN)OC3=O)cc2F)cc1.CSc1ccc(-c2ccc(N3C[C@H](CNC(=O)C4CC4)OC3=O)cc2F)cc1. The van der Waals surface area contributed by atoms with Gasteiger partial charge in [-0.3, -0.25) is 14.6 Å². The van der Waals surface area contributed by atoms with Crippen LogP contribution < -0.4 is 20.9 Å². The summed E-state index contributed by atoms with van der Waals surface area (Å²) in [4.78, 5) is 40.8. The third-order valence-corrected chi connectivity index (χ3v) is 10.3. The maximum atomic E-state index is 14.7. The molecule has 0 bridgehead atoms. The largest absolute Gasteiger partial charge is 0.443 e. The Morgan fingerprint density at radius 2 is 1.20 bits per heavy atom. The first kappa shape index (κ1) is 36.2. The van der Waals surface area contributed by atoms with Crippen molar-refractivity contribution in [3.8, 4) is 22.3 Å². The van der Waals surface area contributed by atoms with Gasteiger partial charge in [0.1, 0.15) is 23.8 Å². The second-order valence-corrected chi connectivity index (χ2v) is 14.0. The number of benzene rings is 4. The topological polar surface area (TPSA) is 114 Å². The van der Waals surface area contributed by atoms with Gasteiger partial charge in [0.15, 0.2) is 0 Å². The van der Waals surface area contributed by atoms with E-state index >= 15 is 0 Å². The summed E-state index contributed by atoms with van der Waals surface area (Å²) in [6.45, 7) is 1.16. The van der Waals surface area contributed by atoms with Crippen LogP contribution in [0.4, 0.5) is 29.7 Å². The van der Waals surface area contributed by atoms with Crippen LogP contribution >= 0.6 is 23.5 Å². The van der Waals surface area contributed by atoms with E-state index in [0.717, 1.165) is 33.8 Å². The lowest BCUT2D eigenvalue weighted by molar-refractivity contribution is -0.122. The molecule has 0 spiro atoms. The number of nitrogens with one attached hydrogen (secondary N) is 1. The number of carbonyl (C=O) groups is 3. The van der Waals surface area contributed by atoms with Gasteiger partial charge in [-0.2, -0.15) is 0 Å². The van der Waals surface area contributed by atoms with Gasteiger partial charge in [-0.15, -0.1) is 23.5 Å². The standard InChI is InChI=1S/C21H21FN2O3S.C17H17FN2O2S/c1-28-17-7-4-13(5-8-17)18-9-6-15(10-19(18)22)24-12-16(27-21(24)26)11-23-20(25)14-2-3-14;1-23-14-5-2-11(3-6-14)15-7-4-12(8-16(15)18)20-10-13(9-19)22-17(20)21/h4-10,14,16H,2-3,11-12H2,1H3,(H,23,25);2-8,13H,9-10,19H2,1H3/t16-;13-/m00/s1. The van der Waals surface area contributed by atoms with E-state index in [9.17, 15) is 23.2 Å². The molecule has 4 aromatic carbocycles. The second kappa shape index (κ2) is 16.2. The summed E-state index contributed by atoms with van der Waals surface area (Å²) in [7, 11) is 0. The van der Waals surface area contributed by atoms with Crippen molar-refractivity contribution in [3.63, 3.8) is 0 Å². The van der Waals surface area contributed by atoms with Crippen LogP contribution in [0, 0.1) is 17.6 Å². The van der Waals surface area contributed by atoms with Crippen molar-refractivity contribution >= 4 is 53.0 Å². The highest BCUT2D eigenvalue weighted by Crippen LogP contribution is 2.32. The van der Waals surface area contributed by atoms with E-state index < -0.39 is 24.1 Å². The molecule has 7 rings (SSSR count). The lowest BCUT2D eigenvalue weighted by Gasteiger charge is -2.15. The van der Waals surface area contributed by atoms with Gasteiger partial charge >= 0.3 is 12.2 Å². The van der Waals surface area contributed by atoms with E-state index in [0.29, 0.717) is 29.0 Å². The first-order valence-corrected chi connectivity index (χ1v) is 18.9. The number of amides is 3. The Balaban J connectivity index is 0.000000179. The van der Waals surface area contributed by atoms with Crippen LogP contribution in [0.5, 0.6) is 0 Å². The van der Waals surface area contributed by atoms with Gasteiger partial charge in [0.05, 0.1) is 31.0 Å². The minimum absolute atomic E-state index is 0.0115. The number of nitrogens with zero attached hydrogens (tertiary/aromatic N) is 2. The van der Waals surface area contributed by atoms with Crippen LogP contribution in [0.25, 0.3) is 22.3 Å². The quantitative estimate of drug-likeness (QED) is 0.161. The van der Waals surface area contributed by atoms with Crippen molar-refractivity contribution in [2.75, 3.05) is 48.5 Å². The zero-order valence-electron chi connectivity index (χ0n) is 28.1. The summed E-state index contributed by atoms with van der Waals surface area (Å²) in [6, 6.07) is 24.9. The summed E-state index contributed by atoms with van der Waals surface area (Å²) in [6.07, 6.45) is 4.04. The lowest BCUT2D eigenvalue weighted by atomic mass is 10.0. The molecule has 1 aliphatic carbocycles. The van der Waals surface area contributed by atoms with Gasteiger partial charge in [-0.1, -0.05) is 24.3 Å². The maximum absolute atomic E-state index is 14.7. The van der Waals surface area contributed by atoms with Crippen molar-refractivity contribution in [2.24, 2.45) is 11.7 Å². The number of thioether (sulfide) groups is 2. The highest BCUT2D eigenvalue weighted by Gasteiger charge is 2.35. The Bertz CT molecular complexity index is 1890. The third-order valence-electron chi connectivity index (χ3n) is 8.79. The molecule has 13 heteroatoms. The number of hydrogen-bond donors (Lipinski definition) is 2. The van der Waals surface area contributed by atoms with Gasteiger partial charge < -0.3 is 20.5 Å². The number of nitrogens with two attached hydrogens (primary N) is 1. The number of rotatable bonds is 10. The summed E-state index contributed by atoms with van der Waals surface area (Å²) in [5.41, 5.74) is 9.01. The van der Waals surface area contributed by atoms with Gasteiger partial charge in [0.2, 0.25) is 5.91 Å². The van der Waals surface area contributed by atoms with Gasteiger partial charge in [0.25, 0.3) is 0 Å². The summed E-state index contributed by atoms with van der Waals surface area (Å²) < 4.78 is 39.6. The molecular formula is C38H38F2N4O5S2. The monoisotopic (exact) mass is 732 g/mol. The van der Waals surface area contributed by atoms with Crippen LogP contribution in [0.15, 0.2) is 94.7 Å². The van der Waals surface area contributed by atoms with Crippen LogP contribution in [0.1, 0.15) is 12.8 Å². The normalized spacial score (nSPS) is 18.2. The molecule has 1 saturated carbocycles. The van der Waals surface area contributed by atoms with E-state index in [-0.39, 0.29) is 43.4 Å². The Morgan fingerprint density at radius 1 is 0.745 bits per heavy atom. The fraction of sp³-hybridized carbons (Fsp3) is 0.289. The molecular weight excluding hydrogens is 695 g/mol. The highest BCUT2D eigenvalue weighted by molar-refractivity contribution is 7.98. The molecule has 2 atom stereocenters. The predicted molar refractivity (Wildman–Crippen MR) is 197 cm³/mol. The van der Waals surface area contributed by atoms with Crippen molar-refractivity contribution in [1.29, 1.82) is 0 Å². The van der Waals surface area contributed by atoms with Crippen molar-refractivity contribution < 1.29 is 32.6 Å². The molecule has 3 aliphatic rings. The van der Waals surface area contributed by atoms with Crippen molar-refractivity contribution in [3.05, 3.63) is 96.6 Å². The van der Waals surface area contributed by atoms with E-state index in [1.54, 1.807) is 47.8 Å². The molecule has 2 heterocycles. The molecule has 3 amide bonds. The molecule has 2 saturated heterocycles. The molecule has 4 aromatic rings. The summed E-state index contributed by atoms with van der Waals surface area (Å²) >= 11 is 3.27. The Labute approximate surface area is 303 Å². The molecule has 51 heavy (non-hydrogen) atoms. The third kappa shape index (κ3) is 8.66. The molecule has 0 aromatic heterocycles. The van der Waals surface area contributed by atoms with Crippen molar-refractivity contribution in [1.82, 2.24) is 5.32 Å². The van der Waals surface area contributed by atoms with Crippen molar-refractivity contribution in [2.45, 2.75) is 34.8 Å². The summed E-state index contributed by atoms with van der Waals surface area (Å²) in [5.74, 6) is -0.645. The van der Waals surface area contributed by atoms with Crippen LogP contribution in [0.2, 0.25) is 0 Å². The van der Waals surface area contributed by atoms with Crippen LogP contribution in [-0.2, 0) is 14.3 Å². The first-order valence-electron chi connectivity index (χ1n) is 16.5. The highest BCUT2D eigenvalue weighted by atomic mass is 32.2. The van der Waals surface area contributed by atoms with Crippen LogP contribution in [-0.4, -0.2) is 69.0 Å². The second-order valence-electron chi connectivity index (χ2n) is 12.3. The lowest BCUT2D eigenvalue weighted by Crippen LogP contribution is -2.35. The number of cyclic esters (lactones) is 2.